The van der Waals surface area contributed by atoms with Crippen LogP contribution in [-0.2, 0) is 9.53 Å². The Labute approximate surface area is 184 Å². The van der Waals surface area contributed by atoms with Crippen LogP contribution in [0.4, 0.5) is 5.69 Å². The van der Waals surface area contributed by atoms with Crippen molar-refractivity contribution in [3.05, 3.63) is 57.3 Å². The molecule has 1 heterocycles. The van der Waals surface area contributed by atoms with Crippen molar-refractivity contribution >= 4 is 23.6 Å². The van der Waals surface area contributed by atoms with Crippen LogP contribution in [0.15, 0.2) is 41.0 Å². The predicted molar refractivity (Wildman–Crippen MR) is 116 cm³/mol. The van der Waals surface area contributed by atoms with E-state index in [0.717, 1.165) is 0 Å². The fourth-order valence-corrected chi connectivity index (χ4v) is 3.02. The summed E-state index contributed by atoms with van der Waals surface area (Å²) >= 11 is 0. The van der Waals surface area contributed by atoms with E-state index in [1.807, 2.05) is 13.8 Å². The Kier molecular flexibility index (Phi) is 6.93. The van der Waals surface area contributed by atoms with Crippen molar-refractivity contribution in [1.82, 2.24) is 0 Å². The Morgan fingerprint density at radius 1 is 1.00 bits per heavy atom. The molecular formula is C22H22N2O8. The maximum atomic E-state index is 12.4. The van der Waals surface area contributed by atoms with Gasteiger partial charge in [0, 0.05) is 5.56 Å². The van der Waals surface area contributed by atoms with Crippen molar-refractivity contribution < 1.29 is 33.4 Å². The summed E-state index contributed by atoms with van der Waals surface area (Å²) in [6, 6.07) is 7.65. The molecule has 0 unspecified atom stereocenters. The third-order valence-electron chi connectivity index (χ3n) is 4.43. The second-order valence-corrected chi connectivity index (χ2v) is 6.39. The fourth-order valence-electron chi connectivity index (χ4n) is 3.02. The third-order valence-corrected chi connectivity index (χ3v) is 4.43. The fraction of sp³-hybridized carbons (Fsp3) is 0.273. The lowest BCUT2D eigenvalue weighted by molar-refractivity contribution is -0.385. The van der Waals surface area contributed by atoms with E-state index in [2.05, 4.69) is 4.99 Å². The minimum absolute atomic E-state index is 0.0494. The van der Waals surface area contributed by atoms with Gasteiger partial charge in [-0.05, 0) is 44.2 Å². The minimum atomic E-state index is -0.740. The Balaban J connectivity index is 2.03. The molecule has 10 heteroatoms. The number of benzene rings is 2. The van der Waals surface area contributed by atoms with Crippen LogP contribution in [0.1, 0.15) is 25.0 Å². The van der Waals surface area contributed by atoms with E-state index in [1.165, 1.54) is 32.4 Å². The molecule has 1 aliphatic heterocycles. The Morgan fingerprint density at radius 3 is 2.28 bits per heavy atom. The molecule has 0 saturated heterocycles. The first-order chi connectivity index (χ1) is 15.4. The van der Waals surface area contributed by atoms with Crippen molar-refractivity contribution in [1.29, 1.82) is 0 Å². The van der Waals surface area contributed by atoms with Gasteiger partial charge in [-0.15, -0.1) is 0 Å². The molecule has 0 saturated carbocycles. The predicted octanol–water partition coefficient (Wildman–Crippen LogP) is 3.75. The number of ether oxygens (including phenoxy) is 5. The molecule has 2 aromatic carbocycles. The first-order valence-corrected chi connectivity index (χ1v) is 9.74. The molecule has 10 nitrogen and oxygen atoms in total. The summed E-state index contributed by atoms with van der Waals surface area (Å²) in [5.41, 5.74) is 0.246. The van der Waals surface area contributed by atoms with E-state index < -0.39 is 10.9 Å². The molecule has 0 amide bonds. The molecule has 2 aromatic rings. The van der Waals surface area contributed by atoms with E-state index >= 15 is 0 Å². The smallest absolute Gasteiger partial charge is 0.363 e. The minimum Gasteiger partial charge on any atom is -0.493 e. The number of carbonyl (C=O) groups excluding carboxylic acids is 1. The summed E-state index contributed by atoms with van der Waals surface area (Å²) < 4.78 is 26.7. The first kappa shape index (κ1) is 22.6. The standard InChI is InChI=1S/C22H22N2O8/c1-5-30-17-8-7-13(10-20(17)31-6-2)21-23-15(22(25)32-21)9-14-11-18(28-3)19(29-4)12-16(14)24(26)27/h7-12H,5-6H2,1-4H3/b15-9-. The quantitative estimate of drug-likeness (QED) is 0.249. The van der Waals surface area contributed by atoms with Gasteiger partial charge in [-0.3, -0.25) is 10.1 Å². The molecule has 0 fully saturated rings. The summed E-state index contributed by atoms with van der Waals surface area (Å²) in [5.74, 6) is 0.813. The van der Waals surface area contributed by atoms with E-state index in [4.69, 9.17) is 23.7 Å². The van der Waals surface area contributed by atoms with Gasteiger partial charge in [0.05, 0.1) is 44.0 Å². The third kappa shape index (κ3) is 4.64. The Morgan fingerprint density at radius 2 is 1.66 bits per heavy atom. The maximum absolute atomic E-state index is 12.4. The van der Waals surface area contributed by atoms with E-state index in [9.17, 15) is 14.9 Å². The van der Waals surface area contributed by atoms with Crippen molar-refractivity contribution in [2.75, 3.05) is 27.4 Å². The van der Waals surface area contributed by atoms with Crippen LogP contribution >= 0.6 is 0 Å². The number of nitro groups is 1. The van der Waals surface area contributed by atoms with Crippen molar-refractivity contribution in [3.63, 3.8) is 0 Å². The van der Waals surface area contributed by atoms with Gasteiger partial charge in [-0.2, -0.15) is 0 Å². The number of esters is 1. The lowest BCUT2D eigenvalue weighted by Crippen LogP contribution is -2.06. The van der Waals surface area contributed by atoms with Crippen molar-refractivity contribution in [2.24, 2.45) is 4.99 Å². The molecule has 32 heavy (non-hydrogen) atoms. The van der Waals surface area contributed by atoms with Crippen molar-refractivity contribution in [2.45, 2.75) is 13.8 Å². The van der Waals surface area contributed by atoms with Gasteiger partial charge in [0.25, 0.3) is 5.69 Å². The summed E-state index contributed by atoms with van der Waals surface area (Å²) in [5, 5.41) is 11.5. The van der Waals surface area contributed by atoms with Crippen LogP contribution in [0.5, 0.6) is 23.0 Å². The van der Waals surface area contributed by atoms with E-state index in [0.29, 0.717) is 30.3 Å². The zero-order chi connectivity index (χ0) is 23.3. The number of hydrogen-bond donors (Lipinski definition) is 0. The SMILES string of the molecule is CCOc1ccc(C2=N/C(=C\c3cc(OC)c(OC)cc3[N+](=O)[O-])C(=O)O2)cc1OCC. The number of methoxy groups -OCH3 is 2. The zero-order valence-corrected chi connectivity index (χ0v) is 18.0. The molecule has 0 aliphatic carbocycles. The van der Waals surface area contributed by atoms with Crippen LogP contribution in [0.2, 0.25) is 0 Å². The van der Waals surface area contributed by atoms with E-state index in [-0.39, 0.29) is 34.3 Å². The largest absolute Gasteiger partial charge is 0.493 e. The average Bonchev–Trinajstić information content (AvgIpc) is 3.14. The van der Waals surface area contributed by atoms with Gasteiger partial charge in [0.2, 0.25) is 5.90 Å². The Hall–Kier alpha value is -4.08. The molecule has 168 valence electrons. The topological polar surface area (TPSA) is 119 Å². The summed E-state index contributed by atoms with van der Waals surface area (Å²) in [4.78, 5) is 27.6. The molecule has 0 radical (unpaired) electrons. The van der Waals surface area contributed by atoms with Crippen molar-refractivity contribution in [3.8, 4) is 23.0 Å². The molecule has 3 rings (SSSR count). The average molecular weight is 442 g/mol. The molecule has 0 spiro atoms. The highest BCUT2D eigenvalue weighted by atomic mass is 16.6. The van der Waals surface area contributed by atoms with Gasteiger partial charge in [0.15, 0.2) is 28.7 Å². The molecule has 1 aliphatic rings. The Bertz CT molecular complexity index is 1110. The van der Waals surface area contributed by atoms with Gasteiger partial charge < -0.3 is 23.7 Å². The van der Waals surface area contributed by atoms with Crippen LogP contribution < -0.4 is 18.9 Å². The molecule has 0 bridgehead atoms. The highest BCUT2D eigenvalue weighted by Gasteiger charge is 2.27. The van der Waals surface area contributed by atoms with Gasteiger partial charge in [0.1, 0.15) is 0 Å². The van der Waals surface area contributed by atoms with Crippen LogP contribution in [0.3, 0.4) is 0 Å². The lowest BCUT2D eigenvalue weighted by Gasteiger charge is -2.11. The van der Waals surface area contributed by atoms with E-state index in [1.54, 1.807) is 18.2 Å². The second-order valence-electron chi connectivity index (χ2n) is 6.39. The number of carbonyl (C=O) groups is 1. The van der Waals surface area contributed by atoms with Crippen LogP contribution in [-0.4, -0.2) is 44.2 Å². The number of aliphatic imine (C=N–C) groups is 1. The summed E-state index contributed by atoms with van der Waals surface area (Å²) in [6.45, 7) is 4.58. The first-order valence-electron chi connectivity index (χ1n) is 9.74. The normalized spacial score (nSPS) is 14.1. The summed E-state index contributed by atoms with van der Waals surface area (Å²) in [6.07, 6.45) is 1.27. The molecule has 0 atom stereocenters. The molecule has 0 N–H and O–H groups in total. The summed E-state index contributed by atoms with van der Waals surface area (Å²) in [7, 11) is 2.78. The maximum Gasteiger partial charge on any atom is 0.363 e. The zero-order valence-electron chi connectivity index (χ0n) is 18.0. The number of rotatable bonds is 9. The highest BCUT2D eigenvalue weighted by molar-refractivity contribution is 6.13. The van der Waals surface area contributed by atoms with Gasteiger partial charge in [-0.25, -0.2) is 9.79 Å². The number of nitro benzene ring substituents is 1. The number of hydrogen-bond acceptors (Lipinski definition) is 9. The van der Waals surface area contributed by atoms with Gasteiger partial charge in [-0.1, -0.05) is 0 Å². The van der Waals surface area contributed by atoms with Gasteiger partial charge >= 0.3 is 5.97 Å². The van der Waals surface area contributed by atoms with Crippen LogP contribution in [0.25, 0.3) is 6.08 Å². The van der Waals surface area contributed by atoms with Crippen LogP contribution in [0, 0.1) is 10.1 Å². The number of cyclic esters (lactones) is 1. The molecular weight excluding hydrogens is 420 g/mol. The second kappa shape index (κ2) is 9.82. The monoisotopic (exact) mass is 442 g/mol. The lowest BCUT2D eigenvalue weighted by atomic mass is 10.1. The molecule has 0 aromatic heterocycles. The highest BCUT2D eigenvalue weighted by Crippen LogP contribution is 2.36. The number of nitrogens with zero attached hydrogens (tertiary/aromatic N) is 2.